The molecule has 5 nitrogen and oxygen atoms in total. The molecule has 0 radical (unpaired) electrons. The predicted molar refractivity (Wildman–Crippen MR) is 122 cm³/mol. The highest BCUT2D eigenvalue weighted by Crippen LogP contribution is 2.36. The van der Waals surface area contributed by atoms with Gasteiger partial charge in [-0.15, -0.1) is 0 Å². The van der Waals surface area contributed by atoms with Crippen LogP contribution in [0.25, 0.3) is 0 Å². The van der Waals surface area contributed by atoms with Crippen molar-refractivity contribution >= 4 is 29.1 Å². The van der Waals surface area contributed by atoms with Crippen LogP contribution in [0.5, 0.6) is 0 Å². The van der Waals surface area contributed by atoms with Crippen LogP contribution in [0.1, 0.15) is 42.1 Å². The molecular weight excluding hydrogens is 455 g/mol. The van der Waals surface area contributed by atoms with Gasteiger partial charge >= 0.3 is 6.18 Å². The van der Waals surface area contributed by atoms with E-state index in [-0.39, 0.29) is 30.1 Å². The molecule has 0 unspecified atom stereocenters. The van der Waals surface area contributed by atoms with Gasteiger partial charge < -0.3 is 10.2 Å². The second kappa shape index (κ2) is 11.0. The molecular formula is C24H27ClF3N3O2. The van der Waals surface area contributed by atoms with E-state index in [0.717, 1.165) is 31.4 Å². The van der Waals surface area contributed by atoms with E-state index in [4.69, 9.17) is 11.6 Å². The number of halogens is 4. The molecule has 1 heterocycles. The molecule has 1 aliphatic heterocycles. The molecule has 1 N–H and O–H groups in total. The summed E-state index contributed by atoms with van der Waals surface area (Å²) < 4.78 is 39.2. The number of hydrogen-bond acceptors (Lipinski definition) is 3. The van der Waals surface area contributed by atoms with Crippen molar-refractivity contribution in [2.45, 2.75) is 38.4 Å². The number of rotatable bonds is 7. The van der Waals surface area contributed by atoms with Crippen molar-refractivity contribution in [1.29, 1.82) is 0 Å². The Balaban J connectivity index is 1.59. The molecule has 178 valence electrons. The number of nitrogens with one attached hydrogen (secondary N) is 1. The lowest BCUT2D eigenvalue weighted by Gasteiger charge is -2.38. The summed E-state index contributed by atoms with van der Waals surface area (Å²) in [5.74, 6) is -0.390. The van der Waals surface area contributed by atoms with Gasteiger partial charge in [0, 0.05) is 30.4 Å². The molecule has 0 aliphatic carbocycles. The van der Waals surface area contributed by atoms with E-state index < -0.39 is 16.8 Å². The van der Waals surface area contributed by atoms with Crippen LogP contribution in [0.4, 0.5) is 18.9 Å². The van der Waals surface area contributed by atoms with E-state index in [1.54, 1.807) is 12.1 Å². The van der Waals surface area contributed by atoms with Crippen molar-refractivity contribution in [3.05, 3.63) is 64.7 Å². The Labute approximate surface area is 196 Å². The van der Waals surface area contributed by atoms with Crippen molar-refractivity contribution in [3.8, 4) is 0 Å². The third kappa shape index (κ3) is 6.71. The molecule has 2 aromatic carbocycles. The first-order valence-corrected chi connectivity index (χ1v) is 11.3. The van der Waals surface area contributed by atoms with Gasteiger partial charge in [-0.1, -0.05) is 36.7 Å². The fourth-order valence-electron chi connectivity index (χ4n) is 4.08. The van der Waals surface area contributed by atoms with E-state index >= 15 is 0 Å². The summed E-state index contributed by atoms with van der Waals surface area (Å²) in [4.78, 5) is 29.1. The van der Waals surface area contributed by atoms with Crippen LogP contribution in [0, 0.1) is 0 Å². The van der Waals surface area contributed by atoms with Crippen LogP contribution in [0.3, 0.4) is 0 Å². The SMILES string of the molecule is CCCN(CC(=O)Nc1ccc(Cl)c(C(F)(F)F)c1)C1CCN(C(=O)c2ccccc2)CC1. The molecule has 33 heavy (non-hydrogen) atoms. The number of carbonyl (C=O) groups excluding carboxylic acids is 2. The average Bonchev–Trinajstić information content (AvgIpc) is 2.79. The zero-order chi connectivity index (χ0) is 24.0. The number of amides is 2. The van der Waals surface area contributed by atoms with E-state index in [1.165, 1.54) is 6.07 Å². The van der Waals surface area contributed by atoms with E-state index in [2.05, 4.69) is 5.32 Å². The molecule has 0 saturated carbocycles. The van der Waals surface area contributed by atoms with Crippen molar-refractivity contribution in [2.75, 3.05) is 31.5 Å². The fourth-order valence-corrected chi connectivity index (χ4v) is 4.31. The van der Waals surface area contributed by atoms with Crippen LogP contribution in [-0.4, -0.2) is 53.8 Å². The molecule has 0 aromatic heterocycles. The molecule has 1 fully saturated rings. The van der Waals surface area contributed by atoms with Gasteiger partial charge in [-0.05, 0) is 56.1 Å². The highest BCUT2D eigenvalue weighted by Gasteiger charge is 2.33. The zero-order valence-corrected chi connectivity index (χ0v) is 19.1. The molecule has 2 amide bonds. The first-order chi connectivity index (χ1) is 15.7. The van der Waals surface area contributed by atoms with Crippen LogP contribution in [-0.2, 0) is 11.0 Å². The Morgan fingerprint density at radius 2 is 1.79 bits per heavy atom. The molecule has 1 saturated heterocycles. The Hall–Kier alpha value is -2.58. The highest BCUT2D eigenvalue weighted by molar-refractivity contribution is 6.31. The topological polar surface area (TPSA) is 52.7 Å². The van der Waals surface area contributed by atoms with Crippen molar-refractivity contribution in [1.82, 2.24) is 9.80 Å². The zero-order valence-electron chi connectivity index (χ0n) is 18.4. The normalized spacial score (nSPS) is 15.0. The van der Waals surface area contributed by atoms with Gasteiger partial charge in [0.2, 0.25) is 5.91 Å². The Morgan fingerprint density at radius 3 is 2.39 bits per heavy atom. The van der Waals surface area contributed by atoms with Gasteiger partial charge in [-0.3, -0.25) is 14.5 Å². The quantitative estimate of drug-likeness (QED) is 0.582. The lowest BCUT2D eigenvalue weighted by atomic mass is 10.0. The number of benzene rings is 2. The van der Waals surface area contributed by atoms with Crippen LogP contribution in [0.2, 0.25) is 5.02 Å². The van der Waals surface area contributed by atoms with Crippen LogP contribution in [0.15, 0.2) is 48.5 Å². The largest absolute Gasteiger partial charge is 0.417 e. The van der Waals surface area contributed by atoms with Crippen molar-refractivity contribution in [3.63, 3.8) is 0 Å². The molecule has 1 aliphatic rings. The van der Waals surface area contributed by atoms with Gasteiger partial charge in [0.1, 0.15) is 0 Å². The maximum atomic E-state index is 13.1. The molecule has 0 atom stereocenters. The van der Waals surface area contributed by atoms with E-state index in [9.17, 15) is 22.8 Å². The number of likely N-dealkylation sites (tertiary alicyclic amines) is 1. The molecule has 0 spiro atoms. The highest BCUT2D eigenvalue weighted by atomic mass is 35.5. The summed E-state index contributed by atoms with van der Waals surface area (Å²) >= 11 is 5.65. The molecule has 0 bridgehead atoms. The average molecular weight is 482 g/mol. The minimum absolute atomic E-state index is 0.00274. The number of hydrogen-bond donors (Lipinski definition) is 1. The predicted octanol–water partition coefficient (Wildman–Crippen LogP) is 5.31. The fraction of sp³-hybridized carbons (Fsp3) is 0.417. The van der Waals surface area contributed by atoms with Gasteiger partial charge in [0.05, 0.1) is 17.1 Å². The van der Waals surface area contributed by atoms with Gasteiger partial charge in [-0.2, -0.15) is 13.2 Å². The lowest BCUT2D eigenvalue weighted by Crippen LogP contribution is -2.49. The summed E-state index contributed by atoms with van der Waals surface area (Å²) in [6.45, 7) is 3.93. The first kappa shape index (κ1) is 25.1. The number of piperidine rings is 1. The van der Waals surface area contributed by atoms with E-state index in [1.807, 2.05) is 34.9 Å². The van der Waals surface area contributed by atoms with E-state index in [0.29, 0.717) is 25.2 Å². The number of nitrogens with zero attached hydrogens (tertiary/aromatic N) is 2. The maximum Gasteiger partial charge on any atom is 0.417 e. The van der Waals surface area contributed by atoms with Gasteiger partial charge in [0.25, 0.3) is 5.91 Å². The summed E-state index contributed by atoms with van der Waals surface area (Å²) in [5.41, 5.74) is -0.277. The summed E-state index contributed by atoms with van der Waals surface area (Å²) in [7, 11) is 0. The van der Waals surface area contributed by atoms with Crippen LogP contribution < -0.4 is 5.32 Å². The molecule has 2 aromatic rings. The minimum Gasteiger partial charge on any atom is -0.339 e. The van der Waals surface area contributed by atoms with Crippen molar-refractivity contribution < 1.29 is 22.8 Å². The van der Waals surface area contributed by atoms with Crippen molar-refractivity contribution in [2.24, 2.45) is 0 Å². The second-order valence-electron chi connectivity index (χ2n) is 8.10. The second-order valence-corrected chi connectivity index (χ2v) is 8.51. The monoisotopic (exact) mass is 481 g/mol. The maximum absolute atomic E-state index is 13.1. The first-order valence-electron chi connectivity index (χ1n) is 10.9. The Kier molecular flexibility index (Phi) is 8.37. The van der Waals surface area contributed by atoms with Crippen LogP contribution >= 0.6 is 11.6 Å². The summed E-state index contributed by atoms with van der Waals surface area (Å²) in [6, 6.07) is 12.6. The third-order valence-electron chi connectivity index (χ3n) is 5.70. The minimum atomic E-state index is -4.60. The van der Waals surface area contributed by atoms with Gasteiger partial charge in [-0.25, -0.2) is 0 Å². The number of carbonyl (C=O) groups is 2. The van der Waals surface area contributed by atoms with Gasteiger partial charge in [0.15, 0.2) is 0 Å². The third-order valence-corrected chi connectivity index (χ3v) is 6.03. The molecule has 3 rings (SSSR count). The molecule has 9 heteroatoms. The number of anilines is 1. The standard InChI is InChI=1S/C24H27ClF3N3O2/c1-2-12-31(16-22(32)29-18-8-9-21(25)20(15-18)24(26,27)28)19-10-13-30(14-11-19)23(33)17-6-4-3-5-7-17/h3-9,15,19H,2,10-14,16H2,1H3,(H,29,32). The summed E-state index contributed by atoms with van der Waals surface area (Å²) in [6.07, 6.45) is -2.32. The Bertz CT molecular complexity index is 961. The Morgan fingerprint density at radius 1 is 1.12 bits per heavy atom. The summed E-state index contributed by atoms with van der Waals surface area (Å²) in [5, 5.41) is 2.14. The smallest absolute Gasteiger partial charge is 0.339 e. The lowest BCUT2D eigenvalue weighted by molar-refractivity contribution is -0.137. The number of alkyl halides is 3.